The highest BCUT2D eigenvalue weighted by atomic mass is 16.8. The van der Waals surface area contributed by atoms with Crippen LogP contribution in [0, 0.1) is 0 Å². The summed E-state index contributed by atoms with van der Waals surface area (Å²) in [7, 11) is 1.47. The SMILES string of the molecule is COc1ccc(-c2oc3c(CC=C(C)C)c(O)cc(O)c3c(=O)c2O[C@H]2O[C@H](C)[C@@H](O)[C@H](O)[C@@H]2O[C@H]2O[C@@H](CO)[C@H](O)[C@@H](O)[C@@H]2O)cc1. The Hall–Kier alpha value is -3.77. The maximum atomic E-state index is 14.3. The Morgan fingerprint density at radius 2 is 1.58 bits per heavy atom. The smallest absolute Gasteiger partial charge is 0.239 e. The Morgan fingerprint density at radius 3 is 2.21 bits per heavy atom. The van der Waals surface area contributed by atoms with Crippen molar-refractivity contribution in [2.24, 2.45) is 0 Å². The fourth-order valence-electron chi connectivity index (χ4n) is 5.61. The molecule has 10 atom stereocenters. The van der Waals surface area contributed by atoms with Crippen molar-refractivity contribution >= 4 is 11.0 Å². The molecule has 0 amide bonds. The molecule has 0 saturated carbocycles. The minimum Gasteiger partial charge on any atom is -0.507 e. The molecule has 3 aromatic rings. The number of phenolic OH excluding ortho intramolecular Hbond substituents is 2. The van der Waals surface area contributed by atoms with E-state index < -0.39 is 84.9 Å². The van der Waals surface area contributed by atoms with Gasteiger partial charge >= 0.3 is 0 Å². The molecule has 262 valence electrons. The molecule has 0 aliphatic carbocycles. The van der Waals surface area contributed by atoms with Gasteiger partial charge in [-0.3, -0.25) is 4.79 Å². The Kier molecular flexibility index (Phi) is 10.6. The standard InChI is InChI=1S/C33H40O15/c1-13(2)5-10-17-18(35)11-19(36)21-24(39)30(28(46-29(17)21)15-6-8-16(43-4)9-7-15)47-33-31(26(41)22(37)14(3)44-33)48-32-27(42)25(40)23(38)20(12-34)45-32/h5-9,11,14,20,22-23,25-27,31-38,40-42H,10,12H2,1-4H3/t14-,20+,22-,23+,25-,26+,27+,31+,32-,33-/m1/s1. The van der Waals surface area contributed by atoms with Gasteiger partial charge < -0.3 is 69.0 Å². The molecule has 0 radical (unpaired) electrons. The van der Waals surface area contributed by atoms with Gasteiger partial charge in [0.1, 0.15) is 64.8 Å². The number of aliphatic hydroxyl groups excluding tert-OH is 6. The number of hydrogen-bond donors (Lipinski definition) is 8. The lowest BCUT2D eigenvalue weighted by Crippen LogP contribution is -2.64. The van der Waals surface area contributed by atoms with Gasteiger partial charge in [-0.15, -0.1) is 0 Å². The van der Waals surface area contributed by atoms with Crippen LogP contribution in [0.1, 0.15) is 26.3 Å². The first-order chi connectivity index (χ1) is 22.8. The normalized spacial score (nSPS) is 30.6. The second-order valence-corrected chi connectivity index (χ2v) is 12.0. The predicted octanol–water partition coefficient (Wildman–Crippen LogP) is 0.419. The van der Waals surface area contributed by atoms with E-state index in [9.17, 15) is 45.6 Å². The zero-order chi connectivity index (χ0) is 35.0. The van der Waals surface area contributed by atoms with Crippen molar-refractivity contribution < 1.29 is 69.0 Å². The third-order valence-electron chi connectivity index (χ3n) is 8.41. The Balaban J connectivity index is 1.65. The fourth-order valence-corrected chi connectivity index (χ4v) is 5.61. The van der Waals surface area contributed by atoms with Crippen LogP contribution in [0.15, 0.2) is 51.2 Å². The molecule has 0 unspecified atom stereocenters. The number of benzene rings is 2. The number of rotatable bonds is 9. The van der Waals surface area contributed by atoms with Gasteiger partial charge in [0.25, 0.3) is 0 Å². The maximum Gasteiger partial charge on any atom is 0.239 e. The highest BCUT2D eigenvalue weighted by Crippen LogP contribution is 2.41. The van der Waals surface area contributed by atoms with Crippen LogP contribution in [0.25, 0.3) is 22.3 Å². The molecular formula is C33H40O15. The number of phenols is 2. The van der Waals surface area contributed by atoms with Crippen molar-refractivity contribution in [2.45, 2.75) is 88.6 Å². The highest BCUT2D eigenvalue weighted by Gasteiger charge is 2.51. The van der Waals surface area contributed by atoms with Gasteiger partial charge in [0, 0.05) is 17.2 Å². The number of aliphatic hydroxyl groups is 6. The first-order valence-corrected chi connectivity index (χ1v) is 15.2. The van der Waals surface area contributed by atoms with E-state index in [1.165, 1.54) is 14.0 Å². The molecule has 2 fully saturated rings. The van der Waals surface area contributed by atoms with Gasteiger partial charge in [-0.2, -0.15) is 0 Å². The average molecular weight is 677 g/mol. The summed E-state index contributed by atoms with van der Waals surface area (Å²) in [5, 5.41) is 83.7. The molecule has 2 aliphatic rings. The maximum absolute atomic E-state index is 14.3. The van der Waals surface area contributed by atoms with Crippen molar-refractivity contribution in [3.05, 3.63) is 57.8 Å². The molecule has 2 saturated heterocycles. The van der Waals surface area contributed by atoms with E-state index >= 15 is 0 Å². The molecule has 2 aliphatic heterocycles. The van der Waals surface area contributed by atoms with Gasteiger partial charge in [0.15, 0.2) is 18.2 Å². The topological polar surface area (TPSA) is 238 Å². The lowest BCUT2D eigenvalue weighted by atomic mass is 9.97. The van der Waals surface area contributed by atoms with E-state index in [2.05, 4.69) is 0 Å². The summed E-state index contributed by atoms with van der Waals surface area (Å²) in [5.74, 6) is -1.11. The molecular weight excluding hydrogens is 636 g/mol. The first kappa shape index (κ1) is 35.5. The molecule has 48 heavy (non-hydrogen) atoms. The van der Waals surface area contributed by atoms with Crippen molar-refractivity contribution in [3.63, 3.8) is 0 Å². The van der Waals surface area contributed by atoms with Gasteiger partial charge in [0.2, 0.25) is 17.5 Å². The summed E-state index contributed by atoms with van der Waals surface area (Å²) in [6, 6.07) is 7.34. The van der Waals surface area contributed by atoms with Crippen LogP contribution >= 0.6 is 0 Å². The summed E-state index contributed by atoms with van der Waals surface area (Å²) in [5.41, 5.74) is 0.434. The van der Waals surface area contributed by atoms with Crippen molar-refractivity contribution in [2.75, 3.05) is 13.7 Å². The van der Waals surface area contributed by atoms with Crippen molar-refractivity contribution in [1.29, 1.82) is 0 Å². The molecule has 15 nitrogen and oxygen atoms in total. The number of fused-ring (bicyclic) bond motifs is 1. The summed E-state index contributed by atoms with van der Waals surface area (Å²) in [6.45, 7) is 4.37. The monoisotopic (exact) mass is 676 g/mol. The van der Waals surface area contributed by atoms with Gasteiger partial charge in [-0.25, -0.2) is 0 Å². The van der Waals surface area contributed by atoms with Crippen molar-refractivity contribution in [1.82, 2.24) is 0 Å². The lowest BCUT2D eigenvalue weighted by Gasteiger charge is -2.45. The Bertz CT molecular complexity index is 1680. The second kappa shape index (κ2) is 14.4. The molecule has 3 heterocycles. The van der Waals surface area contributed by atoms with Crippen LogP contribution in [0.4, 0.5) is 0 Å². The summed E-state index contributed by atoms with van der Waals surface area (Å²) >= 11 is 0. The van der Waals surface area contributed by atoms with E-state index in [1.807, 2.05) is 13.8 Å². The minimum atomic E-state index is -1.88. The van der Waals surface area contributed by atoms with Crippen molar-refractivity contribution in [3.8, 4) is 34.3 Å². The summed E-state index contributed by atoms with van der Waals surface area (Å²) in [4.78, 5) is 14.3. The number of aromatic hydroxyl groups is 2. The number of methoxy groups -OCH3 is 1. The van der Waals surface area contributed by atoms with E-state index in [4.69, 9.17) is 28.1 Å². The summed E-state index contributed by atoms with van der Waals surface area (Å²) < 4.78 is 34.6. The zero-order valence-electron chi connectivity index (χ0n) is 26.6. The molecule has 15 heteroatoms. The van der Waals surface area contributed by atoms with Crippen LogP contribution in [0.5, 0.6) is 23.0 Å². The zero-order valence-corrected chi connectivity index (χ0v) is 26.6. The molecule has 1 aromatic heterocycles. The lowest BCUT2D eigenvalue weighted by molar-refractivity contribution is -0.355. The van der Waals surface area contributed by atoms with Crippen LogP contribution in [-0.4, -0.2) is 116 Å². The third-order valence-corrected chi connectivity index (χ3v) is 8.41. The quantitative estimate of drug-likeness (QED) is 0.143. The third kappa shape index (κ3) is 6.74. The van der Waals surface area contributed by atoms with E-state index in [1.54, 1.807) is 30.3 Å². The van der Waals surface area contributed by atoms with Crippen LogP contribution < -0.4 is 14.9 Å². The summed E-state index contributed by atoms with van der Waals surface area (Å²) in [6.07, 6.45) is -14.4. The van der Waals surface area contributed by atoms with Crippen LogP contribution in [0.3, 0.4) is 0 Å². The molecule has 5 rings (SSSR count). The largest absolute Gasteiger partial charge is 0.507 e. The van der Waals surface area contributed by atoms with Gasteiger partial charge in [0.05, 0.1) is 19.8 Å². The van der Waals surface area contributed by atoms with Gasteiger partial charge in [-0.1, -0.05) is 11.6 Å². The number of ether oxygens (including phenoxy) is 5. The first-order valence-electron chi connectivity index (χ1n) is 15.2. The van der Waals surface area contributed by atoms with Crippen LogP contribution in [0.2, 0.25) is 0 Å². The van der Waals surface area contributed by atoms with E-state index in [-0.39, 0.29) is 34.5 Å². The van der Waals surface area contributed by atoms with E-state index in [0.717, 1.165) is 11.6 Å². The average Bonchev–Trinajstić information content (AvgIpc) is 3.05. The highest BCUT2D eigenvalue weighted by molar-refractivity contribution is 5.91. The van der Waals surface area contributed by atoms with Gasteiger partial charge in [-0.05, 0) is 51.5 Å². The van der Waals surface area contributed by atoms with E-state index in [0.29, 0.717) is 11.3 Å². The Labute approximate surface area is 274 Å². The van der Waals surface area contributed by atoms with Crippen LogP contribution in [-0.2, 0) is 20.6 Å². The molecule has 0 bridgehead atoms. The second-order valence-electron chi connectivity index (χ2n) is 12.0. The Morgan fingerprint density at radius 1 is 0.896 bits per heavy atom. The molecule has 0 spiro atoms. The molecule has 8 N–H and O–H groups in total. The minimum absolute atomic E-state index is 0.115. The number of hydrogen-bond acceptors (Lipinski definition) is 15. The number of allylic oxidation sites excluding steroid dienone is 2. The predicted molar refractivity (Wildman–Crippen MR) is 167 cm³/mol. The molecule has 2 aromatic carbocycles. The fraction of sp³-hybridized carbons (Fsp3) is 0.485.